The molecule has 0 radical (unpaired) electrons. The molecule has 1 atom stereocenters. The molecular weight excluding hydrogens is 302 g/mol. The van der Waals surface area contributed by atoms with Gasteiger partial charge in [-0.15, -0.1) is 11.3 Å². The Kier molecular flexibility index (Phi) is 7.07. The first-order valence-electron chi connectivity index (χ1n) is 7.42. The molecule has 21 heavy (non-hydrogen) atoms. The Morgan fingerprint density at radius 1 is 1.24 bits per heavy atom. The van der Waals surface area contributed by atoms with E-state index < -0.39 is 0 Å². The van der Waals surface area contributed by atoms with Gasteiger partial charge in [0.2, 0.25) is 0 Å². The molecule has 4 heteroatoms. The Hall–Kier alpha value is -1.03. The van der Waals surface area contributed by atoms with Crippen molar-refractivity contribution in [3.05, 3.63) is 51.7 Å². The van der Waals surface area contributed by atoms with E-state index in [2.05, 4.69) is 29.8 Å². The number of ether oxygens (including phenoxy) is 1. The first kappa shape index (κ1) is 16.3. The molecule has 0 fully saturated rings. The fourth-order valence-corrected chi connectivity index (χ4v) is 2.94. The van der Waals surface area contributed by atoms with Gasteiger partial charge in [-0.2, -0.15) is 0 Å². The van der Waals surface area contributed by atoms with Gasteiger partial charge in [0.05, 0.1) is 0 Å². The van der Waals surface area contributed by atoms with Crippen LogP contribution < -0.4 is 10.1 Å². The van der Waals surface area contributed by atoms with Gasteiger partial charge in [-0.05, 0) is 61.5 Å². The second-order valence-corrected chi connectivity index (χ2v) is 6.50. The third kappa shape index (κ3) is 6.08. The van der Waals surface area contributed by atoms with Crippen molar-refractivity contribution in [2.45, 2.75) is 32.2 Å². The minimum absolute atomic E-state index is 0.378. The Balaban J connectivity index is 1.81. The predicted molar refractivity (Wildman–Crippen MR) is 91.7 cm³/mol. The van der Waals surface area contributed by atoms with Crippen molar-refractivity contribution in [2.75, 3.05) is 13.2 Å². The van der Waals surface area contributed by atoms with E-state index in [4.69, 9.17) is 16.3 Å². The molecule has 0 aliphatic heterocycles. The molecule has 1 heterocycles. The van der Waals surface area contributed by atoms with Gasteiger partial charge < -0.3 is 10.1 Å². The van der Waals surface area contributed by atoms with E-state index >= 15 is 0 Å². The van der Waals surface area contributed by atoms with Gasteiger partial charge in [0.1, 0.15) is 12.4 Å². The van der Waals surface area contributed by atoms with E-state index in [1.54, 1.807) is 0 Å². The first-order valence-corrected chi connectivity index (χ1v) is 8.68. The second kappa shape index (κ2) is 9.08. The van der Waals surface area contributed by atoms with Gasteiger partial charge in [-0.1, -0.05) is 24.6 Å². The summed E-state index contributed by atoms with van der Waals surface area (Å²) in [6.45, 7) is 3.90. The van der Waals surface area contributed by atoms with Crippen LogP contribution in [0.4, 0.5) is 0 Å². The van der Waals surface area contributed by atoms with E-state index in [0.29, 0.717) is 12.6 Å². The molecule has 1 unspecified atom stereocenters. The van der Waals surface area contributed by atoms with Crippen molar-refractivity contribution in [3.63, 3.8) is 0 Å². The van der Waals surface area contributed by atoms with Crippen molar-refractivity contribution >= 4 is 22.9 Å². The average molecular weight is 324 g/mol. The molecule has 0 saturated carbocycles. The van der Waals surface area contributed by atoms with Crippen LogP contribution in [0.3, 0.4) is 0 Å². The summed E-state index contributed by atoms with van der Waals surface area (Å²) in [6.07, 6.45) is 3.33. The zero-order valence-electron chi connectivity index (χ0n) is 12.3. The normalized spacial score (nSPS) is 12.3. The predicted octanol–water partition coefficient (Wildman–Crippen LogP) is 4.78. The highest BCUT2D eigenvalue weighted by molar-refractivity contribution is 7.09. The summed E-state index contributed by atoms with van der Waals surface area (Å²) in [7, 11) is 0. The molecule has 0 saturated heterocycles. The highest BCUT2D eigenvalue weighted by Gasteiger charge is 2.09. The van der Waals surface area contributed by atoms with Gasteiger partial charge >= 0.3 is 0 Å². The Bertz CT molecular complexity index is 498. The van der Waals surface area contributed by atoms with Crippen molar-refractivity contribution in [2.24, 2.45) is 0 Å². The number of benzene rings is 1. The smallest absolute Gasteiger partial charge is 0.119 e. The van der Waals surface area contributed by atoms with Crippen molar-refractivity contribution in [1.82, 2.24) is 5.32 Å². The molecule has 0 bridgehead atoms. The van der Waals surface area contributed by atoms with Gasteiger partial charge in [0.15, 0.2) is 0 Å². The fraction of sp³-hybridized carbons (Fsp3) is 0.412. The summed E-state index contributed by atoms with van der Waals surface area (Å²) in [5.41, 5.74) is 0. The monoisotopic (exact) mass is 323 g/mol. The van der Waals surface area contributed by atoms with Crippen LogP contribution in [0, 0.1) is 0 Å². The van der Waals surface area contributed by atoms with Gasteiger partial charge in [-0.3, -0.25) is 0 Å². The molecule has 1 aromatic heterocycles. The molecule has 1 aromatic carbocycles. The highest BCUT2D eigenvalue weighted by Crippen LogP contribution is 2.17. The van der Waals surface area contributed by atoms with Crippen molar-refractivity contribution in [3.8, 4) is 5.75 Å². The third-order valence-corrected chi connectivity index (χ3v) is 4.46. The van der Waals surface area contributed by atoms with Crippen LogP contribution in [0.1, 0.15) is 24.6 Å². The minimum atomic E-state index is 0.378. The zero-order chi connectivity index (χ0) is 14.9. The standard InChI is InChI=1S/C17H22ClNOS/c1-2-11-19-15(7-10-17-4-3-12-21-17)13-20-16-8-5-14(18)6-9-16/h3-6,8-9,12,15,19H,2,7,10-11,13H2,1H3. The van der Waals surface area contributed by atoms with Crippen molar-refractivity contribution < 1.29 is 4.74 Å². The number of hydrogen-bond acceptors (Lipinski definition) is 3. The SMILES string of the molecule is CCCNC(CCc1cccs1)COc1ccc(Cl)cc1. The molecule has 0 spiro atoms. The number of hydrogen-bond donors (Lipinski definition) is 1. The Labute approximate surface area is 136 Å². The molecule has 0 amide bonds. The van der Waals surface area contributed by atoms with Crippen LogP contribution in [0.25, 0.3) is 0 Å². The Morgan fingerprint density at radius 2 is 2.05 bits per heavy atom. The van der Waals surface area contributed by atoms with E-state index in [9.17, 15) is 0 Å². The second-order valence-electron chi connectivity index (χ2n) is 5.03. The maximum atomic E-state index is 5.88. The van der Waals surface area contributed by atoms with E-state index in [-0.39, 0.29) is 0 Å². The lowest BCUT2D eigenvalue weighted by Crippen LogP contribution is -2.35. The minimum Gasteiger partial charge on any atom is -0.492 e. The molecule has 0 aliphatic carbocycles. The molecule has 1 N–H and O–H groups in total. The Morgan fingerprint density at radius 3 is 2.71 bits per heavy atom. The van der Waals surface area contributed by atoms with Gasteiger partial charge in [-0.25, -0.2) is 0 Å². The molecule has 114 valence electrons. The van der Waals surface area contributed by atoms with Crippen LogP contribution in [-0.4, -0.2) is 19.2 Å². The number of thiophene rings is 1. The van der Waals surface area contributed by atoms with E-state index in [0.717, 1.165) is 36.6 Å². The van der Waals surface area contributed by atoms with Gasteiger partial charge in [0.25, 0.3) is 0 Å². The lowest BCUT2D eigenvalue weighted by Gasteiger charge is -2.19. The summed E-state index contributed by atoms with van der Waals surface area (Å²) in [5.74, 6) is 0.874. The van der Waals surface area contributed by atoms with Crippen LogP contribution in [-0.2, 0) is 6.42 Å². The maximum absolute atomic E-state index is 5.88. The first-order chi connectivity index (χ1) is 10.3. The topological polar surface area (TPSA) is 21.3 Å². The lowest BCUT2D eigenvalue weighted by molar-refractivity contribution is 0.257. The average Bonchev–Trinajstić information content (AvgIpc) is 3.01. The highest BCUT2D eigenvalue weighted by atomic mass is 35.5. The summed E-state index contributed by atoms with van der Waals surface area (Å²) in [6, 6.07) is 12.2. The number of aryl methyl sites for hydroxylation is 1. The summed E-state index contributed by atoms with van der Waals surface area (Å²) in [5, 5.41) is 6.44. The molecule has 0 aliphatic rings. The molecular formula is C17H22ClNOS. The largest absolute Gasteiger partial charge is 0.492 e. The van der Waals surface area contributed by atoms with Crippen LogP contribution in [0.15, 0.2) is 41.8 Å². The molecule has 2 rings (SSSR count). The van der Waals surface area contributed by atoms with E-state index in [1.807, 2.05) is 35.6 Å². The summed E-state index contributed by atoms with van der Waals surface area (Å²) < 4.78 is 5.87. The maximum Gasteiger partial charge on any atom is 0.119 e. The summed E-state index contributed by atoms with van der Waals surface area (Å²) in [4.78, 5) is 1.43. The van der Waals surface area contributed by atoms with Crippen molar-refractivity contribution in [1.29, 1.82) is 0 Å². The quantitative estimate of drug-likeness (QED) is 0.717. The number of nitrogens with one attached hydrogen (secondary N) is 1. The zero-order valence-corrected chi connectivity index (χ0v) is 13.9. The lowest BCUT2D eigenvalue weighted by atomic mass is 10.1. The van der Waals surface area contributed by atoms with Gasteiger partial charge in [0, 0.05) is 15.9 Å². The summed E-state index contributed by atoms with van der Waals surface area (Å²) >= 11 is 7.70. The van der Waals surface area contributed by atoms with E-state index in [1.165, 1.54) is 4.88 Å². The molecule has 2 nitrogen and oxygen atoms in total. The van der Waals surface area contributed by atoms with Crippen LogP contribution >= 0.6 is 22.9 Å². The number of halogens is 1. The van der Waals surface area contributed by atoms with Crippen LogP contribution in [0.2, 0.25) is 5.02 Å². The fourth-order valence-electron chi connectivity index (χ4n) is 2.09. The third-order valence-electron chi connectivity index (χ3n) is 3.27. The molecule has 2 aromatic rings. The number of rotatable bonds is 9. The van der Waals surface area contributed by atoms with Crippen LogP contribution in [0.5, 0.6) is 5.75 Å².